The first kappa shape index (κ1) is 17.0. The Bertz CT molecular complexity index is 965. The van der Waals surface area contributed by atoms with Crippen LogP contribution < -0.4 is 19.7 Å². The quantitative estimate of drug-likeness (QED) is 0.624. The standard InChI is InChI=1S/C14H9F3N2O5S/c15-8-2-4-11(13(17)12(8)16)25(21,22)19-18-14(20)7-1-3-9-10(5-7)24-6-23-9/h1-5,19H,6H2,(H,18,20). The summed E-state index contributed by atoms with van der Waals surface area (Å²) in [5, 5.41) is 0. The van der Waals surface area contributed by atoms with Crippen molar-refractivity contribution in [3.63, 3.8) is 0 Å². The predicted octanol–water partition coefficient (Wildman–Crippen LogP) is 1.46. The van der Waals surface area contributed by atoms with E-state index in [-0.39, 0.29) is 12.4 Å². The Morgan fingerprint density at radius 2 is 1.72 bits per heavy atom. The van der Waals surface area contributed by atoms with Gasteiger partial charge in [0.25, 0.3) is 15.9 Å². The molecule has 0 bridgehead atoms. The molecule has 25 heavy (non-hydrogen) atoms. The maximum atomic E-state index is 13.6. The highest BCUT2D eigenvalue weighted by molar-refractivity contribution is 7.89. The van der Waals surface area contributed by atoms with Gasteiger partial charge >= 0.3 is 0 Å². The van der Waals surface area contributed by atoms with E-state index in [1.54, 1.807) is 4.83 Å². The first-order valence-electron chi connectivity index (χ1n) is 6.65. The molecular weight excluding hydrogens is 365 g/mol. The van der Waals surface area contributed by atoms with E-state index in [4.69, 9.17) is 9.47 Å². The van der Waals surface area contributed by atoms with Crippen molar-refractivity contribution in [2.45, 2.75) is 4.90 Å². The molecule has 1 aliphatic heterocycles. The highest BCUT2D eigenvalue weighted by Crippen LogP contribution is 2.32. The zero-order valence-corrected chi connectivity index (χ0v) is 13.0. The van der Waals surface area contributed by atoms with Crippen LogP contribution in [0.3, 0.4) is 0 Å². The molecule has 0 atom stereocenters. The van der Waals surface area contributed by atoms with Gasteiger partial charge in [-0.05, 0) is 30.3 Å². The molecule has 132 valence electrons. The van der Waals surface area contributed by atoms with Crippen LogP contribution in [0.25, 0.3) is 0 Å². The van der Waals surface area contributed by atoms with E-state index >= 15 is 0 Å². The number of ether oxygens (including phenoxy) is 2. The van der Waals surface area contributed by atoms with Gasteiger partial charge in [-0.15, -0.1) is 4.83 Å². The molecule has 1 aliphatic rings. The fourth-order valence-corrected chi connectivity index (χ4v) is 2.90. The Hall–Kier alpha value is -2.79. The number of amides is 1. The minimum Gasteiger partial charge on any atom is -0.454 e. The fraction of sp³-hybridized carbons (Fsp3) is 0.0714. The second kappa shape index (κ2) is 6.26. The van der Waals surface area contributed by atoms with Crippen molar-refractivity contribution in [2.24, 2.45) is 0 Å². The molecule has 0 unspecified atom stereocenters. The summed E-state index contributed by atoms with van der Waals surface area (Å²) in [5.74, 6) is -5.55. The van der Waals surface area contributed by atoms with E-state index in [1.807, 2.05) is 5.43 Å². The number of sulfonamides is 1. The minimum atomic E-state index is -4.66. The molecule has 2 N–H and O–H groups in total. The van der Waals surface area contributed by atoms with Crippen LogP contribution in [0.5, 0.6) is 11.5 Å². The number of benzene rings is 2. The average Bonchev–Trinajstić information content (AvgIpc) is 3.05. The number of carbonyl (C=O) groups excluding carboxylic acids is 1. The molecule has 0 spiro atoms. The summed E-state index contributed by atoms with van der Waals surface area (Å²) in [6.45, 7) is -0.0115. The molecule has 0 aliphatic carbocycles. The van der Waals surface area contributed by atoms with Crippen molar-refractivity contribution < 1.29 is 35.9 Å². The molecule has 1 heterocycles. The number of hydrazine groups is 1. The highest BCUT2D eigenvalue weighted by Gasteiger charge is 2.25. The summed E-state index contributed by atoms with van der Waals surface area (Å²) in [4.78, 5) is 12.4. The van der Waals surface area contributed by atoms with E-state index in [9.17, 15) is 26.4 Å². The Morgan fingerprint density at radius 1 is 1.00 bits per heavy atom. The maximum absolute atomic E-state index is 13.6. The first-order valence-corrected chi connectivity index (χ1v) is 8.13. The number of nitrogens with one attached hydrogen (secondary N) is 2. The van der Waals surface area contributed by atoms with Gasteiger partial charge < -0.3 is 9.47 Å². The number of fused-ring (bicyclic) bond motifs is 1. The summed E-state index contributed by atoms with van der Waals surface area (Å²) in [6, 6.07) is 5.08. The summed E-state index contributed by atoms with van der Waals surface area (Å²) in [5.41, 5.74) is 1.86. The van der Waals surface area contributed by atoms with E-state index < -0.39 is 38.3 Å². The summed E-state index contributed by atoms with van der Waals surface area (Å²) < 4.78 is 73.6. The smallest absolute Gasteiger partial charge is 0.266 e. The van der Waals surface area contributed by atoms with Crippen molar-refractivity contribution >= 4 is 15.9 Å². The Morgan fingerprint density at radius 3 is 2.48 bits per heavy atom. The first-order chi connectivity index (χ1) is 11.8. The molecule has 0 fully saturated rings. The van der Waals surface area contributed by atoms with Crippen molar-refractivity contribution in [3.05, 3.63) is 53.3 Å². The van der Waals surface area contributed by atoms with Crippen LogP contribution in [0.2, 0.25) is 0 Å². The van der Waals surface area contributed by atoms with Crippen molar-refractivity contribution in [1.29, 1.82) is 0 Å². The lowest BCUT2D eigenvalue weighted by atomic mass is 10.2. The van der Waals surface area contributed by atoms with E-state index in [1.165, 1.54) is 18.2 Å². The molecule has 0 radical (unpaired) electrons. The molecule has 7 nitrogen and oxygen atoms in total. The molecule has 0 aromatic heterocycles. The van der Waals surface area contributed by atoms with E-state index in [0.29, 0.717) is 23.6 Å². The predicted molar refractivity (Wildman–Crippen MR) is 76.7 cm³/mol. The minimum absolute atomic E-state index is 0.0115. The van der Waals surface area contributed by atoms with Gasteiger partial charge in [-0.3, -0.25) is 10.2 Å². The topological polar surface area (TPSA) is 93.7 Å². The molecule has 1 amide bonds. The van der Waals surface area contributed by atoms with Crippen LogP contribution in [-0.2, 0) is 10.0 Å². The van der Waals surface area contributed by atoms with Crippen molar-refractivity contribution in [2.75, 3.05) is 6.79 Å². The largest absolute Gasteiger partial charge is 0.454 e. The van der Waals surface area contributed by atoms with Gasteiger partial charge in [0.2, 0.25) is 6.79 Å². The zero-order valence-electron chi connectivity index (χ0n) is 12.2. The molecule has 0 saturated heterocycles. The number of hydrogen-bond donors (Lipinski definition) is 2. The zero-order chi connectivity index (χ0) is 18.2. The van der Waals surface area contributed by atoms with E-state index in [2.05, 4.69) is 0 Å². The third kappa shape index (κ3) is 3.23. The molecule has 0 saturated carbocycles. The maximum Gasteiger partial charge on any atom is 0.266 e. The van der Waals surface area contributed by atoms with Gasteiger partial charge in [0, 0.05) is 5.56 Å². The lowest BCUT2D eigenvalue weighted by Gasteiger charge is -2.10. The van der Waals surface area contributed by atoms with Gasteiger partial charge in [0.1, 0.15) is 4.90 Å². The summed E-state index contributed by atoms with van der Waals surface area (Å²) in [6.07, 6.45) is 0. The molecule has 3 rings (SSSR count). The normalized spacial score (nSPS) is 12.9. The van der Waals surface area contributed by atoms with Crippen LogP contribution in [0.4, 0.5) is 13.2 Å². The lowest BCUT2D eigenvalue weighted by Crippen LogP contribution is -2.41. The van der Waals surface area contributed by atoms with Gasteiger partial charge in [0.05, 0.1) is 0 Å². The average molecular weight is 374 g/mol. The third-order valence-electron chi connectivity index (χ3n) is 3.22. The van der Waals surface area contributed by atoms with Crippen LogP contribution in [0.15, 0.2) is 35.2 Å². The van der Waals surface area contributed by atoms with Crippen LogP contribution in [0, 0.1) is 17.5 Å². The number of carbonyl (C=O) groups is 1. The molecule has 2 aromatic carbocycles. The van der Waals surface area contributed by atoms with E-state index in [0.717, 1.165) is 0 Å². The molecular formula is C14H9F3N2O5S. The monoisotopic (exact) mass is 374 g/mol. The van der Waals surface area contributed by atoms with Crippen molar-refractivity contribution in [1.82, 2.24) is 10.3 Å². The van der Waals surface area contributed by atoms with Crippen LogP contribution in [-0.4, -0.2) is 21.1 Å². The number of hydrogen-bond acceptors (Lipinski definition) is 5. The second-order valence-corrected chi connectivity index (χ2v) is 6.45. The van der Waals surface area contributed by atoms with Gasteiger partial charge in [0.15, 0.2) is 29.0 Å². The van der Waals surface area contributed by atoms with Gasteiger partial charge in [-0.2, -0.15) is 0 Å². The van der Waals surface area contributed by atoms with Crippen LogP contribution in [0.1, 0.15) is 10.4 Å². The Kier molecular flexibility index (Phi) is 4.27. The van der Waals surface area contributed by atoms with Gasteiger partial charge in [-0.25, -0.2) is 21.6 Å². The second-order valence-electron chi connectivity index (χ2n) is 4.80. The SMILES string of the molecule is O=C(NNS(=O)(=O)c1ccc(F)c(F)c1F)c1ccc2c(c1)OCO2. The highest BCUT2D eigenvalue weighted by atomic mass is 32.2. The van der Waals surface area contributed by atoms with Crippen LogP contribution >= 0.6 is 0 Å². The van der Waals surface area contributed by atoms with Crippen molar-refractivity contribution in [3.8, 4) is 11.5 Å². The molecule has 2 aromatic rings. The lowest BCUT2D eigenvalue weighted by molar-refractivity contribution is 0.0944. The summed E-state index contributed by atoms with van der Waals surface area (Å²) >= 11 is 0. The number of halogens is 3. The Balaban J connectivity index is 1.76. The third-order valence-corrected chi connectivity index (χ3v) is 4.49. The van der Waals surface area contributed by atoms with Gasteiger partial charge in [-0.1, -0.05) is 0 Å². The Labute approximate surface area is 139 Å². The number of rotatable bonds is 4. The summed E-state index contributed by atoms with van der Waals surface area (Å²) in [7, 11) is -4.66. The fourth-order valence-electron chi connectivity index (χ4n) is 1.99. The molecule has 11 heteroatoms.